The first-order valence-corrected chi connectivity index (χ1v) is 10.6. The lowest BCUT2D eigenvalue weighted by molar-refractivity contribution is -0.117. The quantitative estimate of drug-likeness (QED) is 0.525. The van der Waals surface area contributed by atoms with Gasteiger partial charge in [-0.25, -0.2) is 9.83 Å². The lowest BCUT2D eigenvalue weighted by Crippen LogP contribution is -2.49. The standard InChI is InChI=1S/C22H24N6OS/c1-4-16-17(12-23)22(30-19(20(25)29)13-8-6-5-7-9-13)27-21(18(16)26-2)28(3)15-10-14(24)11-15/h5-9,14-15,19H,4,10-11,24H2,1,3H3,(H2,25,29). The van der Waals surface area contributed by atoms with Crippen LogP contribution < -0.4 is 16.4 Å². The minimum absolute atomic E-state index is 0.157. The molecule has 1 aliphatic carbocycles. The maximum absolute atomic E-state index is 12.2. The lowest BCUT2D eigenvalue weighted by atomic mass is 9.86. The van der Waals surface area contributed by atoms with Crippen molar-refractivity contribution in [3.8, 4) is 6.07 Å². The molecule has 3 rings (SSSR count). The minimum atomic E-state index is -0.690. The number of nitrogens with two attached hydrogens (primary N) is 2. The molecule has 1 fully saturated rings. The van der Waals surface area contributed by atoms with Crippen LogP contribution in [0, 0.1) is 17.9 Å². The van der Waals surface area contributed by atoms with Gasteiger partial charge in [-0.3, -0.25) is 4.79 Å². The van der Waals surface area contributed by atoms with Crippen molar-refractivity contribution in [1.29, 1.82) is 5.26 Å². The average Bonchev–Trinajstić information content (AvgIpc) is 2.73. The van der Waals surface area contributed by atoms with E-state index in [4.69, 9.17) is 23.0 Å². The molecule has 4 N–H and O–H groups in total. The molecule has 1 saturated carbocycles. The molecule has 2 aromatic rings. The van der Waals surface area contributed by atoms with Crippen LogP contribution in [0.2, 0.25) is 0 Å². The lowest BCUT2D eigenvalue weighted by Gasteiger charge is -2.40. The van der Waals surface area contributed by atoms with E-state index in [0.29, 0.717) is 34.1 Å². The summed E-state index contributed by atoms with van der Waals surface area (Å²) in [7, 11) is 1.90. The van der Waals surface area contributed by atoms with Crippen LogP contribution in [0.4, 0.5) is 11.5 Å². The summed E-state index contributed by atoms with van der Waals surface area (Å²) in [5, 5.41) is 9.58. The van der Waals surface area contributed by atoms with Crippen LogP contribution in [-0.2, 0) is 11.2 Å². The highest BCUT2D eigenvalue weighted by molar-refractivity contribution is 8.00. The van der Waals surface area contributed by atoms with E-state index < -0.39 is 11.2 Å². The number of thioether (sulfide) groups is 1. The number of rotatable bonds is 7. The second-order valence-electron chi connectivity index (χ2n) is 7.33. The van der Waals surface area contributed by atoms with Crippen molar-refractivity contribution < 1.29 is 4.79 Å². The summed E-state index contributed by atoms with van der Waals surface area (Å²) in [6.07, 6.45) is 2.16. The second-order valence-corrected chi connectivity index (χ2v) is 8.42. The number of nitrogens with zero attached hydrogens (tertiary/aromatic N) is 4. The van der Waals surface area contributed by atoms with Crippen molar-refractivity contribution in [2.75, 3.05) is 11.9 Å². The van der Waals surface area contributed by atoms with E-state index in [1.807, 2.05) is 49.2 Å². The first kappa shape index (κ1) is 21.6. The van der Waals surface area contributed by atoms with Gasteiger partial charge in [0.2, 0.25) is 11.6 Å². The summed E-state index contributed by atoms with van der Waals surface area (Å²) >= 11 is 1.16. The highest BCUT2D eigenvalue weighted by Gasteiger charge is 2.33. The zero-order valence-corrected chi connectivity index (χ0v) is 17.8. The number of hydrogen-bond acceptors (Lipinski definition) is 6. The van der Waals surface area contributed by atoms with Crippen LogP contribution >= 0.6 is 11.8 Å². The molecule has 0 bridgehead atoms. The number of aromatic nitrogens is 1. The molecule has 1 unspecified atom stereocenters. The van der Waals surface area contributed by atoms with Crippen molar-refractivity contribution in [3.05, 3.63) is 58.4 Å². The molecule has 30 heavy (non-hydrogen) atoms. The Morgan fingerprint density at radius 2 is 2.10 bits per heavy atom. The van der Waals surface area contributed by atoms with Gasteiger partial charge in [0.1, 0.15) is 22.2 Å². The normalized spacial score (nSPS) is 18.6. The number of anilines is 1. The predicted molar refractivity (Wildman–Crippen MR) is 118 cm³/mol. The molecule has 1 aliphatic rings. The van der Waals surface area contributed by atoms with Crippen LogP contribution in [-0.4, -0.2) is 30.0 Å². The molecule has 1 amide bonds. The molecule has 1 aromatic heterocycles. The zero-order chi connectivity index (χ0) is 21.8. The summed E-state index contributed by atoms with van der Waals surface area (Å²) in [6.45, 7) is 9.62. The summed E-state index contributed by atoms with van der Waals surface area (Å²) < 4.78 is 0. The predicted octanol–water partition coefficient (Wildman–Crippen LogP) is 3.31. The first-order chi connectivity index (χ1) is 14.4. The Bertz CT molecular complexity index is 1020. The molecule has 154 valence electrons. The highest BCUT2D eigenvalue weighted by Crippen LogP contribution is 2.43. The van der Waals surface area contributed by atoms with Crippen LogP contribution in [0.15, 0.2) is 35.4 Å². The third kappa shape index (κ3) is 4.11. The van der Waals surface area contributed by atoms with E-state index in [1.165, 1.54) is 0 Å². The van der Waals surface area contributed by atoms with Crippen LogP contribution in [0.3, 0.4) is 0 Å². The number of primary amides is 1. The summed E-state index contributed by atoms with van der Waals surface area (Å²) in [5.74, 6) is 0.0144. The number of carbonyl (C=O) groups excluding carboxylic acids is 1. The fourth-order valence-corrected chi connectivity index (χ4v) is 4.70. The Morgan fingerprint density at radius 1 is 1.43 bits per heavy atom. The van der Waals surface area contributed by atoms with Crippen LogP contribution in [0.5, 0.6) is 0 Å². The number of benzene rings is 1. The molecule has 1 heterocycles. The molecular formula is C22H24N6OS. The van der Waals surface area contributed by atoms with Crippen LogP contribution in [0.1, 0.15) is 41.7 Å². The van der Waals surface area contributed by atoms with Crippen molar-refractivity contribution in [2.45, 2.75) is 48.5 Å². The number of carbonyl (C=O) groups is 1. The topological polar surface area (TPSA) is 113 Å². The van der Waals surface area contributed by atoms with E-state index in [2.05, 4.69) is 10.9 Å². The van der Waals surface area contributed by atoms with E-state index >= 15 is 0 Å². The average molecular weight is 421 g/mol. The van der Waals surface area contributed by atoms with Gasteiger partial charge in [-0.2, -0.15) is 5.26 Å². The highest BCUT2D eigenvalue weighted by atomic mass is 32.2. The fraction of sp³-hybridized carbons (Fsp3) is 0.364. The van der Waals surface area contributed by atoms with E-state index in [-0.39, 0.29) is 12.1 Å². The van der Waals surface area contributed by atoms with Crippen molar-refractivity contribution in [2.24, 2.45) is 11.5 Å². The number of hydrogen-bond donors (Lipinski definition) is 2. The van der Waals surface area contributed by atoms with E-state index in [0.717, 1.165) is 30.2 Å². The van der Waals surface area contributed by atoms with Crippen molar-refractivity contribution >= 4 is 29.2 Å². The van der Waals surface area contributed by atoms with Crippen molar-refractivity contribution in [3.63, 3.8) is 0 Å². The SMILES string of the molecule is [C-]#[N+]c1c(N(C)C2CC(N)C2)nc(SC(C(N)=O)c2ccccc2)c(C#N)c1CC. The van der Waals surface area contributed by atoms with Crippen molar-refractivity contribution in [1.82, 2.24) is 4.98 Å². The Kier molecular flexibility index (Phi) is 6.61. The third-order valence-electron chi connectivity index (χ3n) is 5.42. The monoisotopic (exact) mass is 420 g/mol. The molecular weight excluding hydrogens is 396 g/mol. The molecule has 1 atom stereocenters. The largest absolute Gasteiger partial charge is 0.368 e. The van der Waals surface area contributed by atoms with Gasteiger partial charge in [0.25, 0.3) is 0 Å². The smallest absolute Gasteiger partial charge is 0.235 e. The summed E-state index contributed by atoms with van der Waals surface area (Å²) in [4.78, 5) is 22.6. The molecule has 0 radical (unpaired) electrons. The number of nitriles is 1. The Morgan fingerprint density at radius 3 is 2.60 bits per heavy atom. The fourth-order valence-electron chi connectivity index (χ4n) is 3.64. The molecule has 1 aromatic carbocycles. The van der Waals surface area contributed by atoms with E-state index in [9.17, 15) is 10.1 Å². The molecule has 0 spiro atoms. The molecule has 8 heteroatoms. The number of amides is 1. The van der Waals surface area contributed by atoms with Gasteiger partial charge in [-0.15, -0.1) is 0 Å². The Balaban J connectivity index is 2.11. The van der Waals surface area contributed by atoms with E-state index in [1.54, 1.807) is 0 Å². The molecule has 7 nitrogen and oxygen atoms in total. The zero-order valence-electron chi connectivity index (χ0n) is 17.0. The van der Waals surface area contributed by atoms with Gasteiger partial charge in [-0.1, -0.05) is 49.0 Å². The van der Waals surface area contributed by atoms with Gasteiger partial charge >= 0.3 is 0 Å². The Hall–Kier alpha value is -3.07. The maximum Gasteiger partial charge on any atom is 0.235 e. The van der Waals surface area contributed by atoms with Gasteiger partial charge in [0, 0.05) is 19.1 Å². The maximum atomic E-state index is 12.2. The second kappa shape index (κ2) is 9.17. The molecule has 0 saturated heterocycles. The number of pyridine rings is 1. The van der Waals surface area contributed by atoms with Gasteiger partial charge < -0.3 is 16.4 Å². The summed E-state index contributed by atoms with van der Waals surface area (Å²) in [5.41, 5.74) is 13.7. The summed E-state index contributed by atoms with van der Waals surface area (Å²) in [6, 6.07) is 11.7. The molecule has 0 aliphatic heterocycles. The van der Waals surface area contributed by atoms with Gasteiger partial charge in [0.15, 0.2) is 0 Å². The minimum Gasteiger partial charge on any atom is -0.368 e. The van der Waals surface area contributed by atoms with Gasteiger partial charge in [-0.05, 0) is 30.4 Å². The van der Waals surface area contributed by atoms with Crippen LogP contribution in [0.25, 0.3) is 4.85 Å². The van der Waals surface area contributed by atoms with Gasteiger partial charge in [0.05, 0.1) is 12.1 Å². The third-order valence-corrected chi connectivity index (χ3v) is 6.68. The Labute approximate surface area is 180 Å². The first-order valence-electron chi connectivity index (χ1n) is 9.74.